The number of nitrogens with zero attached hydrogens (tertiary/aromatic N) is 2. The standard InChI is InChI=1S/C15H17BrN2O2/c1-15(2,3)20-14(19)18(4)13-12-9-11(16)6-5-10(12)7-8-17-13/h5-9H,1-4H3. The molecule has 0 saturated carbocycles. The fourth-order valence-corrected chi connectivity index (χ4v) is 2.17. The Morgan fingerprint density at radius 1 is 1.30 bits per heavy atom. The first-order valence-electron chi connectivity index (χ1n) is 6.29. The number of hydrogen-bond acceptors (Lipinski definition) is 3. The number of carbonyl (C=O) groups excluding carboxylic acids is 1. The molecule has 0 spiro atoms. The number of carbonyl (C=O) groups is 1. The van der Waals surface area contributed by atoms with Gasteiger partial charge in [0.2, 0.25) is 0 Å². The number of ether oxygens (including phenoxy) is 1. The van der Waals surface area contributed by atoms with Gasteiger partial charge in [-0.1, -0.05) is 22.0 Å². The molecule has 0 aliphatic heterocycles. The molecule has 1 heterocycles. The Hall–Kier alpha value is -1.62. The van der Waals surface area contributed by atoms with E-state index in [-0.39, 0.29) is 0 Å². The Labute approximate surface area is 126 Å². The predicted molar refractivity (Wildman–Crippen MR) is 84.1 cm³/mol. The molecule has 5 heteroatoms. The summed E-state index contributed by atoms with van der Waals surface area (Å²) < 4.78 is 6.31. The van der Waals surface area contributed by atoms with Gasteiger partial charge in [0.25, 0.3) is 0 Å². The van der Waals surface area contributed by atoms with Gasteiger partial charge in [-0.05, 0) is 44.4 Å². The molecule has 20 heavy (non-hydrogen) atoms. The van der Waals surface area contributed by atoms with Gasteiger partial charge in [-0.3, -0.25) is 4.90 Å². The zero-order chi connectivity index (χ0) is 14.9. The summed E-state index contributed by atoms with van der Waals surface area (Å²) in [6.07, 6.45) is 1.27. The first kappa shape index (κ1) is 14.8. The molecular weight excluding hydrogens is 320 g/mol. The van der Waals surface area contributed by atoms with Gasteiger partial charge in [0.15, 0.2) is 0 Å². The molecular formula is C15H17BrN2O2. The number of amides is 1. The van der Waals surface area contributed by atoms with Crippen LogP contribution in [0.1, 0.15) is 20.8 Å². The van der Waals surface area contributed by atoms with E-state index >= 15 is 0 Å². The van der Waals surface area contributed by atoms with Crippen molar-refractivity contribution in [1.29, 1.82) is 0 Å². The Balaban J connectivity index is 2.42. The fraction of sp³-hybridized carbons (Fsp3) is 0.333. The van der Waals surface area contributed by atoms with Crippen molar-refractivity contribution in [3.8, 4) is 0 Å². The van der Waals surface area contributed by atoms with E-state index in [4.69, 9.17) is 4.74 Å². The highest BCUT2D eigenvalue weighted by molar-refractivity contribution is 9.10. The summed E-state index contributed by atoms with van der Waals surface area (Å²) in [6, 6.07) is 7.79. The molecule has 1 amide bonds. The molecule has 1 aromatic heterocycles. The van der Waals surface area contributed by atoms with Gasteiger partial charge in [-0.2, -0.15) is 0 Å². The van der Waals surface area contributed by atoms with Crippen LogP contribution in [0.3, 0.4) is 0 Å². The van der Waals surface area contributed by atoms with Crippen LogP contribution >= 0.6 is 15.9 Å². The van der Waals surface area contributed by atoms with Crippen molar-refractivity contribution in [3.05, 3.63) is 34.9 Å². The second-order valence-electron chi connectivity index (χ2n) is 5.54. The number of rotatable bonds is 1. The average molecular weight is 337 g/mol. The lowest BCUT2D eigenvalue weighted by Gasteiger charge is -2.24. The van der Waals surface area contributed by atoms with Gasteiger partial charge in [-0.25, -0.2) is 9.78 Å². The first-order chi connectivity index (χ1) is 9.28. The smallest absolute Gasteiger partial charge is 0.415 e. The second-order valence-corrected chi connectivity index (χ2v) is 6.46. The van der Waals surface area contributed by atoms with Crippen molar-refractivity contribution < 1.29 is 9.53 Å². The number of fused-ring (bicyclic) bond motifs is 1. The minimum Gasteiger partial charge on any atom is -0.443 e. The number of halogens is 1. The van der Waals surface area contributed by atoms with E-state index in [1.807, 2.05) is 45.0 Å². The van der Waals surface area contributed by atoms with E-state index in [0.29, 0.717) is 5.82 Å². The summed E-state index contributed by atoms with van der Waals surface area (Å²) in [5.41, 5.74) is -0.531. The van der Waals surface area contributed by atoms with Crippen LogP contribution in [0, 0.1) is 0 Å². The number of aromatic nitrogens is 1. The average Bonchev–Trinajstić information content (AvgIpc) is 2.35. The highest BCUT2D eigenvalue weighted by atomic mass is 79.9. The third kappa shape index (κ3) is 3.28. The monoisotopic (exact) mass is 336 g/mol. The molecule has 0 aliphatic carbocycles. The van der Waals surface area contributed by atoms with Gasteiger partial charge in [0, 0.05) is 23.1 Å². The molecule has 0 atom stereocenters. The van der Waals surface area contributed by atoms with E-state index in [0.717, 1.165) is 15.2 Å². The van der Waals surface area contributed by atoms with Crippen LogP contribution in [-0.4, -0.2) is 23.7 Å². The van der Waals surface area contributed by atoms with Crippen molar-refractivity contribution in [2.45, 2.75) is 26.4 Å². The van der Waals surface area contributed by atoms with Crippen LogP contribution in [0.5, 0.6) is 0 Å². The highest BCUT2D eigenvalue weighted by Gasteiger charge is 2.22. The van der Waals surface area contributed by atoms with Gasteiger partial charge in [0.05, 0.1) is 0 Å². The maximum atomic E-state index is 12.1. The van der Waals surface area contributed by atoms with Crippen molar-refractivity contribution >= 4 is 38.6 Å². The van der Waals surface area contributed by atoms with Crippen LogP contribution in [-0.2, 0) is 4.74 Å². The van der Waals surface area contributed by atoms with Crippen LogP contribution in [0.25, 0.3) is 10.8 Å². The molecule has 2 aromatic rings. The molecule has 0 fully saturated rings. The van der Waals surface area contributed by atoms with E-state index in [2.05, 4.69) is 20.9 Å². The molecule has 0 radical (unpaired) electrons. The van der Waals surface area contributed by atoms with Crippen molar-refractivity contribution in [2.75, 3.05) is 11.9 Å². The lowest BCUT2D eigenvalue weighted by atomic mass is 10.1. The number of hydrogen-bond donors (Lipinski definition) is 0. The molecule has 0 unspecified atom stereocenters. The molecule has 0 N–H and O–H groups in total. The summed E-state index contributed by atoms with van der Waals surface area (Å²) in [4.78, 5) is 17.9. The summed E-state index contributed by atoms with van der Waals surface area (Å²) >= 11 is 3.44. The van der Waals surface area contributed by atoms with Gasteiger partial charge < -0.3 is 4.74 Å². The van der Waals surface area contributed by atoms with Crippen molar-refractivity contribution in [1.82, 2.24) is 4.98 Å². The number of benzene rings is 1. The second kappa shape index (κ2) is 5.40. The highest BCUT2D eigenvalue weighted by Crippen LogP contribution is 2.27. The maximum absolute atomic E-state index is 12.1. The van der Waals surface area contributed by atoms with Crippen LogP contribution in [0.2, 0.25) is 0 Å². The molecule has 0 bridgehead atoms. The number of pyridine rings is 1. The lowest BCUT2D eigenvalue weighted by Crippen LogP contribution is -2.34. The first-order valence-corrected chi connectivity index (χ1v) is 7.08. The molecule has 4 nitrogen and oxygen atoms in total. The third-order valence-electron chi connectivity index (χ3n) is 2.69. The Kier molecular flexibility index (Phi) is 3.99. The van der Waals surface area contributed by atoms with Gasteiger partial charge >= 0.3 is 6.09 Å². The Morgan fingerprint density at radius 2 is 2.00 bits per heavy atom. The zero-order valence-corrected chi connectivity index (χ0v) is 13.6. The fourth-order valence-electron chi connectivity index (χ4n) is 1.81. The topological polar surface area (TPSA) is 42.4 Å². The predicted octanol–water partition coefficient (Wildman–Crippen LogP) is 4.37. The maximum Gasteiger partial charge on any atom is 0.415 e. The number of anilines is 1. The normalized spacial score (nSPS) is 11.4. The summed E-state index contributed by atoms with van der Waals surface area (Å²) in [5, 5.41) is 1.92. The van der Waals surface area contributed by atoms with Gasteiger partial charge in [-0.15, -0.1) is 0 Å². The summed E-state index contributed by atoms with van der Waals surface area (Å²) in [6.45, 7) is 5.52. The van der Waals surface area contributed by atoms with Crippen molar-refractivity contribution in [2.24, 2.45) is 0 Å². The summed E-state index contributed by atoms with van der Waals surface area (Å²) in [5.74, 6) is 0.582. The minimum atomic E-state index is -0.531. The summed E-state index contributed by atoms with van der Waals surface area (Å²) in [7, 11) is 1.66. The molecule has 0 saturated heterocycles. The molecule has 2 rings (SSSR count). The molecule has 106 valence electrons. The SMILES string of the molecule is CN(C(=O)OC(C)(C)C)c1nccc2ccc(Br)cc12. The van der Waals surface area contributed by atoms with Crippen molar-refractivity contribution in [3.63, 3.8) is 0 Å². The van der Waals surface area contributed by atoms with Crippen LogP contribution in [0.15, 0.2) is 34.9 Å². The molecule has 1 aromatic carbocycles. The van der Waals surface area contributed by atoms with E-state index in [1.165, 1.54) is 4.90 Å². The lowest BCUT2D eigenvalue weighted by molar-refractivity contribution is 0.0589. The van der Waals surface area contributed by atoms with Crippen LogP contribution in [0.4, 0.5) is 10.6 Å². The van der Waals surface area contributed by atoms with E-state index in [1.54, 1.807) is 13.2 Å². The van der Waals surface area contributed by atoms with E-state index in [9.17, 15) is 4.79 Å². The minimum absolute atomic E-state index is 0.419. The quantitative estimate of drug-likeness (QED) is 0.776. The van der Waals surface area contributed by atoms with E-state index < -0.39 is 11.7 Å². The van der Waals surface area contributed by atoms with Gasteiger partial charge in [0.1, 0.15) is 11.4 Å². The zero-order valence-electron chi connectivity index (χ0n) is 12.0. The Bertz CT molecular complexity index is 650. The Morgan fingerprint density at radius 3 is 2.65 bits per heavy atom. The largest absolute Gasteiger partial charge is 0.443 e. The van der Waals surface area contributed by atoms with Crippen LogP contribution < -0.4 is 4.90 Å². The molecule has 0 aliphatic rings. The third-order valence-corrected chi connectivity index (χ3v) is 3.19.